The highest BCUT2D eigenvalue weighted by molar-refractivity contribution is 7.91. The number of halogens is 2. The van der Waals surface area contributed by atoms with Gasteiger partial charge >= 0.3 is 29.8 Å². The van der Waals surface area contributed by atoms with Crippen molar-refractivity contribution in [2.24, 2.45) is 80.8 Å². The van der Waals surface area contributed by atoms with Gasteiger partial charge in [0.05, 0.1) is 127 Å². The number of carboxylic acids is 1. The number of nitrogens with zero attached hydrogens (tertiary/aromatic N) is 9. The number of aliphatic carboxylic acids is 1. The van der Waals surface area contributed by atoms with Crippen LogP contribution in [-0.4, -0.2) is 228 Å². The molecule has 5 aliphatic carbocycles. The number of amides is 4. The minimum atomic E-state index is -4.20. The van der Waals surface area contributed by atoms with E-state index in [1.165, 1.54) is 16.7 Å². The number of carboxylic acid groups (broad SMARTS) is 1. The van der Waals surface area contributed by atoms with Crippen LogP contribution in [-0.2, 0) is 96.2 Å². The summed E-state index contributed by atoms with van der Waals surface area (Å²) < 4.78 is 116. The van der Waals surface area contributed by atoms with Crippen LogP contribution in [0.5, 0.6) is 34.9 Å². The van der Waals surface area contributed by atoms with Gasteiger partial charge in [-0.15, -0.1) is 0 Å². The number of ketones is 1. The van der Waals surface area contributed by atoms with Crippen molar-refractivity contribution in [2.75, 3.05) is 41.0 Å². The van der Waals surface area contributed by atoms with Crippen LogP contribution < -0.4 is 33.1 Å². The Morgan fingerprint density at radius 2 is 0.792 bits per heavy atom. The first kappa shape index (κ1) is 112. The normalized spacial score (nSPS) is 30.7. The van der Waals surface area contributed by atoms with Crippen LogP contribution in [0.3, 0.4) is 0 Å². The lowest BCUT2D eigenvalue weighted by Crippen LogP contribution is -2.50. The molecule has 20 atom stereocenters. The molecule has 149 heavy (non-hydrogen) atoms. The summed E-state index contributed by atoms with van der Waals surface area (Å²) in [6.45, 7) is 35.7. The maximum Gasteiger partial charge on any atom is 0.329 e. The fourth-order valence-electron chi connectivity index (χ4n) is 23.5. The Balaban J connectivity index is 0.000000170. The first-order valence-corrected chi connectivity index (χ1v) is 55.4. The van der Waals surface area contributed by atoms with E-state index in [1.807, 2.05) is 166 Å². The third kappa shape index (κ3) is 25.1. The standard InChI is InChI=1S/C43H58F2N4O9S.C37H53N3O7.C33H45N3O7/c1-8-26-33-23-49(35(26)32(50)22-43(21-28(43)36(44)45)39(53)48-59(54,55)41(5)16-17-41)38(52)27(40(2,3)4)19-34(51)58-42(6)20-24(42)12-10-9-11-13-30-37(57-33)47-31-18-25(56-7)14-15-29(31)46-30;1-10-24-29-21-40(31(24)34(43)47-36(5,6)7)33(42)25(35(2,3)4)19-30(41)46-37(8)20-22(37)14-12-11-13-15-27-32(45-29)39-28-18-23(44-9)16-17-26(28)38-27;1-7-21-26-18-36(28(21)31(39)40)30(38)22(32(2,3)4)16-27(37)43-33(5)17-19(33)11-9-8-10-12-24-29(42-26)35-25-15-20(41-6)13-14-23(25)34-24/h14-15,18,24,26-28,33,35-36H,8-13,16-17,19-23H2,1-7H3,(H,48,53);16-18,22,24-25,29,31H,10-15,19-21H2,1-9H3;13-15,19,21-22,26,28H,7-12,16-18H2,1-6H3,(H,39,40)/t24-,26-,27-,28+,33+,35+,42-,43-;22-,24-,25-,29+,31+,37-;19-,21-,22-,26+,28+,33-/m111/s1. The number of rotatable bonds is 15. The molecule has 11 aliphatic rings. The molecule has 5 saturated carbocycles. The average molecular weight is 2090 g/mol. The monoisotopic (exact) mass is 2090 g/mol. The number of sulfonamides is 1. The molecule has 6 aliphatic heterocycles. The highest BCUT2D eigenvalue weighted by Crippen LogP contribution is 2.61. The quantitative estimate of drug-likeness (QED) is 0.0712. The fourth-order valence-corrected chi connectivity index (χ4v) is 24.8. The van der Waals surface area contributed by atoms with E-state index in [2.05, 4.69) is 0 Å². The Labute approximate surface area is 874 Å². The first-order valence-electron chi connectivity index (χ1n) is 54.0. The molecule has 3 aromatic carbocycles. The number of hydrogen-bond acceptors (Lipinski definition) is 28. The van der Waals surface area contributed by atoms with Crippen molar-refractivity contribution in [3.8, 4) is 34.9 Å². The second kappa shape index (κ2) is 43.7. The molecule has 2 N–H and O–H groups in total. The van der Waals surface area contributed by atoms with Gasteiger partial charge < -0.3 is 67.2 Å². The Morgan fingerprint density at radius 1 is 0.463 bits per heavy atom. The van der Waals surface area contributed by atoms with Crippen LogP contribution in [0.1, 0.15) is 309 Å². The van der Waals surface area contributed by atoms with Gasteiger partial charge in [0.25, 0.3) is 0 Å². The summed E-state index contributed by atoms with van der Waals surface area (Å²) >= 11 is 0. The zero-order valence-electron chi connectivity index (χ0n) is 91.0. The summed E-state index contributed by atoms with van der Waals surface area (Å²) in [6.07, 6.45) is 11.0. The maximum atomic E-state index is 15.0. The largest absolute Gasteiger partial charge is 0.497 e. The predicted octanol–water partition coefficient (Wildman–Crippen LogP) is 18.0. The van der Waals surface area contributed by atoms with E-state index in [1.54, 1.807) is 44.4 Å². The molecule has 0 spiro atoms. The van der Waals surface area contributed by atoms with Gasteiger partial charge in [0.2, 0.25) is 57.7 Å². The summed E-state index contributed by atoms with van der Waals surface area (Å²) in [5.41, 5.74) is -0.318. The number of carbonyl (C=O) groups is 10. The van der Waals surface area contributed by atoms with Gasteiger partial charge in [-0.25, -0.2) is 56.7 Å². The number of Topliss-reactive ketones (excluding diaryl/α,β-unsaturated/α-hetero) is 1. The molecular formula is C113H156F2N10O23S. The topological polar surface area (TPSA) is 416 Å². The third-order valence-electron chi connectivity index (χ3n) is 33.6. The molecule has 9 heterocycles. The van der Waals surface area contributed by atoms with Crippen LogP contribution in [0.2, 0.25) is 0 Å². The summed E-state index contributed by atoms with van der Waals surface area (Å²) in [6, 6.07) is 13.3. The molecule has 17 rings (SSSR count). The van der Waals surface area contributed by atoms with Gasteiger partial charge in [-0.3, -0.25) is 43.1 Å². The molecule has 816 valence electrons. The first-order chi connectivity index (χ1) is 70.0. The number of fused-ring (bicyclic) bond motifs is 15. The van der Waals surface area contributed by atoms with Crippen molar-refractivity contribution < 1.29 is 118 Å². The van der Waals surface area contributed by atoms with E-state index in [4.69, 9.17) is 77.3 Å². The number of hydrogen-bond donors (Lipinski definition) is 2. The Bertz CT molecular complexity index is 6160. The zero-order chi connectivity index (χ0) is 108. The average Bonchev–Trinajstić information content (AvgIpc) is 1.57. The highest BCUT2D eigenvalue weighted by atomic mass is 32.2. The van der Waals surface area contributed by atoms with Gasteiger partial charge in [0.1, 0.15) is 87.1 Å². The second-order valence-electron chi connectivity index (χ2n) is 48.9. The molecule has 36 heteroatoms. The van der Waals surface area contributed by atoms with E-state index in [0.717, 1.165) is 119 Å². The lowest BCUT2D eigenvalue weighted by atomic mass is 9.77. The minimum absolute atomic E-state index is 0.0629. The van der Waals surface area contributed by atoms with Gasteiger partial charge in [-0.1, -0.05) is 122 Å². The molecule has 6 bridgehead atoms. The molecular weight excluding hydrogens is 1940 g/mol. The van der Waals surface area contributed by atoms with E-state index >= 15 is 4.79 Å². The highest BCUT2D eigenvalue weighted by Gasteiger charge is 2.68. The van der Waals surface area contributed by atoms with Crippen molar-refractivity contribution in [1.29, 1.82) is 0 Å². The molecule has 6 aromatic rings. The number of methoxy groups -OCH3 is 3. The Morgan fingerprint density at radius 3 is 1.09 bits per heavy atom. The molecule has 33 nitrogen and oxygen atoms in total. The van der Waals surface area contributed by atoms with E-state index < -0.39 is 185 Å². The third-order valence-corrected chi connectivity index (χ3v) is 35.8. The van der Waals surface area contributed by atoms with Gasteiger partial charge in [-0.2, -0.15) is 0 Å². The molecule has 3 saturated heterocycles. The van der Waals surface area contributed by atoms with Crippen LogP contribution in [0, 0.1) is 80.8 Å². The summed E-state index contributed by atoms with van der Waals surface area (Å²) in [4.78, 5) is 173. The number of benzene rings is 3. The summed E-state index contributed by atoms with van der Waals surface area (Å²) in [5, 5.41) is 10.4. The number of ether oxygens (including phenoxy) is 10. The van der Waals surface area contributed by atoms with Crippen molar-refractivity contribution in [1.82, 2.24) is 49.3 Å². The summed E-state index contributed by atoms with van der Waals surface area (Å²) in [7, 11) is 0.554. The van der Waals surface area contributed by atoms with E-state index in [0.29, 0.717) is 120 Å². The molecule has 4 amide bonds. The van der Waals surface area contributed by atoms with Crippen molar-refractivity contribution in [3.63, 3.8) is 0 Å². The van der Waals surface area contributed by atoms with Crippen LogP contribution in [0.25, 0.3) is 33.1 Å². The lowest BCUT2D eigenvalue weighted by molar-refractivity contribution is -0.167. The molecule has 3 aromatic heterocycles. The van der Waals surface area contributed by atoms with Crippen molar-refractivity contribution in [3.05, 3.63) is 71.7 Å². The number of alkyl halides is 2. The van der Waals surface area contributed by atoms with Crippen molar-refractivity contribution in [2.45, 2.75) is 381 Å². The number of aryl methyl sites for hydroxylation is 3. The Kier molecular flexibility index (Phi) is 33.0. The zero-order valence-corrected chi connectivity index (χ0v) is 91.9. The predicted molar refractivity (Wildman–Crippen MR) is 551 cm³/mol. The number of aromatic nitrogens is 6. The van der Waals surface area contributed by atoms with E-state index in [-0.39, 0.29) is 80.8 Å². The van der Waals surface area contributed by atoms with Gasteiger partial charge in [0.15, 0.2) is 5.78 Å². The lowest BCUT2D eigenvalue weighted by Gasteiger charge is -2.35. The van der Waals surface area contributed by atoms with Gasteiger partial charge in [0, 0.05) is 66.0 Å². The fraction of sp³-hybridized carbons (Fsp3) is 0.699. The van der Waals surface area contributed by atoms with Gasteiger partial charge in [-0.05, 0) is 217 Å². The SMILES string of the molecule is CC[C@@H]1[C@@H]2CN(C(=O)[C@H](C(C)(C)C)CC(=O)O[C@]3(C)C[C@H]3CCCCCc3nc4ccc(OC)cc4nc3O2)[C@@H]1C(=O)C[C@]1(C(=O)NS(=O)(=O)C2(C)CC2)C[C@H]1C(F)F.CC[C@@H]1[C@@H]2CN(C(=O)[C@H](C(C)(C)C)CC(=O)O[C@]3(C)C[C@H]3CCCCCc3nc4ccc(OC)cc4nc3O2)[C@@H]1C(=O)O.CC[C@@H]1[C@@H]2CN(C(=O)[C@H](C(C)(C)C)CC(=O)O[C@]3(C)C[C@H]3CCCCCc3nc4ccc(OC)cc4nc3O2)[C@@H]1C(=O)OC(C)(C)C. The number of esters is 4. The molecule has 0 unspecified atom stereocenters. The smallest absolute Gasteiger partial charge is 0.329 e. The van der Waals surface area contributed by atoms with Crippen LogP contribution in [0.4, 0.5) is 8.78 Å². The molecule has 0 radical (unpaired) electrons. The van der Waals surface area contributed by atoms with Crippen molar-refractivity contribution >= 4 is 102 Å². The number of carbonyl (C=O) groups excluding carboxylic acids is 9. The van der Waals surface area contributed by atoms with Crippen LogP contribution in [0.15, 0.2) is 54.6 Å². The summed E-state index contributed by atoms with van der Waals surface area (Å²) in [5.74, 6) is -7.57. The van der Waals surface area contributed by atoms with E-state index in [9.17, 15) is 65.5 Å². The number of nitrogens with one attached hydrogen (secondary N) is 1. The maximum absolute atomic E-state index is 15.0. The second-order valence-corrected chi connectivity index (χ2v) is 51.1. The van der Waals surface area contributed by atoms with Crippen LogP contribution >= 0.6 is 0 Å². The Hall–Kier alpha value is -10.8. The minimum Gasteiger partial charge on any atom is -0.497 e. The molecule has 8 fully saturated rings.